The molecule has 0 bridgehead atoms. The minimum atomic E-state index is -0.0704. The maximum atomic E-state index is 12.3. The Labute approximate surface area is 350 Å². The number of ether oxygens (including phenoxy) is 10. The lowest BCUT2D eigenvalue weighted by atomic mass is 10.2. The van der Waals surface area contributed by atoms with E-state index in [-0.39, 0.29) is 18.1 Å². The summed E-state index contributed by atoms with van der Waals surface area (Å²) in [6.45, 7) is 10.2. The Morgan fingerprint density at radius 2 is 1.23 bits per heavy atom. The molecule has 5 N–H and O–H groups in total. The number of terminal acetylenes is 1. The van der Waals surface area contributed by atoms with Crippen molar-refractivity contribution < 1.29 is 57.3 Å². The second-order valence-electron chi connectivity index (χ2n) is 13.1. The molecule has 0 aliphatic heterocycles. The molecule has 0 unspecified atom stereocenters. The molecule has 332 valence electrons. The van der Waals surface area contributed by atoms with Crippen LogP contribution in [0.5, 0.6) is 5.75 Å². The Morgan fingerprint density at radius 3 is 1.77 bits per heavy atom. The summed E-state index contributed by atoms with van der Waals surface area (Å²) >= 11 is 0. The number of unbranched alkanes of at least 4 members (excludes halogenated alkanes) is 1. The summed E-state index contributed by atoms with van der Waals surface area (Å²) < 4.78 is 56.2. The van der Waals surface area contributed by atoms with Gasteiger partial charge in [0.25, 0.3) is 0 Å². The predicted octanol–water partition coefficient (Wildman–Crippen LogP) is 2.35. The third-order valence-electron chi connectivity index (χ3n) is 8.54. The number of rotatable bonds is 37. The van der Waals surface area contributed by atoms with Gasteiger partial charge in [-0.2, -0.15) is 5.10 Å². The highest BCUT2D eigenvalue weighted by molar-refractivity contribution is 6.00. The van der Waals surface area contributed by atoms with E-state index in [0.717, 1.165) is 29.4 Å². The minimum Gasteiger partial charge on any atom is -0.508 e. The molecule has 0 aliphatic rings. The smallest absolute Gasteiger partial charge is 0.222 e. The van der Waals surface area contributed by atoms with Gasteiger partial charge in [-0.1, -0.05) is 5.92 Å². The van der Waals surface area contributed by atoms with E-state index in [9.17, 15) is 9.90 Å². The zero-order chi connectivity index (χ0) is 42.3. The number of fused-ring (bicyclic) bond motifs is 2. The highest BCUT2D eigenvalue weighted by Crippen LogP contribution is 2.32. The van der Waals surface area contributed by atoms with Crippen LogP contribution in [0.4, 0.5) is 5.82 Å². The number of aromatic amines is 1. The van der Waals surface area contributed by atoms with Crippen molar-refractivity contribution in [1.29, 1.82) is 0 Å². The monoisotopic (exact) mass is 843 g/mol. The average Bonchev–Trinajstić information content (AvgIpc) is 3.84. The summed E-state index contributed by atoms with van der Waals surface area (Å²) in [6.07, 6.45) is 8.30. The van der Waals surface area contributed by atoms with Crippen molar-refractivity contribution in [3.8, 4) is 29.5 Å². The Morgan fingerprint density at radius 1 is 0.717 bits per heavy atom. The van der Waals surface area contributed by atoms with Crippen LogP contribution in [0.3, 0.4) is 0 Å². The molecule has 4 aromatic rings. The Kier molecular flexibility index (Phi) is 24.5. The van der Waals surface area contributed by atoms with Gasteiger partial charge >= 0.3 is 0 Å². The summed E-state index contributed by atoms with van der Waals surface area (Å²) in [4.78, 5) is 24.2. The van der Waals surface area contributed by atoms with E-state index in [4.69, 9.17) is 64.6 Å². The fraction of sp³-hybridized carbons (Fsp3) is 0.610. The number of aryl methyl sites for hydroxylation is 1. The van der Waals surface area contributed by atoms with Crippen LogP contribution in [0.15, 0.2) is 30.6 Å². The second-order valence-corrected chi connectivity index (χ2v) is 13.1. The van der Waals surface area contributed by atoms with Crippen LogP contribution in [0, 0.1) is 12.3 Å². The molecule has 19 nitrogen and oxygen atoms in total. The van der Waals surface area contributed by atoms with E-state index in [1.54, 1.807) is 12.1 Å². The lowest BCUT2D eigenvalue weighted by molar-refractivity contribution is -0.122. The number of aromatic hydroxyl groups is 1. The Bertz CT molecular complexity index is 1800. The predicted molar refractivity (Wildman–Crippen MR) is 223 cm³/mol. The van der Waals surface area contributed by atoms with Crippen LogP contribution < -0.4 is 11.1 Å². The first-order valence-corrected chi connectivity index (χ1v) is 20.3. The molecule has 0 aliphatic carbocycles. The molecular weight excluding hydrogens is 782 g/mol. The third kappa shape index (κ3) is 19.3. The molecule has 0 atom stereocenters. The average molecular weight is 844 g/mol. The van der Waals surface area contributed by atoms with Gasteiger partial charge in [0.2, 0.25) is 5.91 Å². The van der Waals surface area contributed by atoms with Crippen molar-refractivity contribution in [2.24, 2.45) is 0 Å². The number of benzene rings is 1. The van der Waals surface area contributed by atoms with Gasteiger partial charge in [0.1, 0.15) is 30.2 Å². The number of nitrogens with two attached hydrogens (primary N) is 1. The number of nitrogen functional groups attached to an aromatic ring is 1. The lowest BCUT2D eigenvalue weighted by Gasteiger charge is -2.09. The first-order valence-electron chi connectivity index (χ1n) is 20.3. The number of aromatic nitrogens is 5. The summed E-state index contributed by atoms with van der Waals surface area (Å²) in [7, 11) is 0. The number of H-pyrrole nitrogens is 1. The number of amides is 1. The lowest BCUT2D eigenvalue weighted by Crippen LogP contribution is -2.26. The Hall–Kier alpha value is -4.46. The maximum Gasteiger partial charge on any atom is 0.222 e. The van der Waals surface area contributed by atoms with E-state index in [1.807, 2.05) is 16.8 Å². The molecule has 0 saturated carbocycles. The molecule has 60 heavy (non-hydrogen) atoms. The van der Waals surface area contributed by atoms with E-state index in [2.05, 4.69) is 26.2 Å². The van der Waals surface area contributed by atoms with Gasteiger partial charge in [0.15, 0.2) is 5.65 Å². The van der Waals surface area contributed by atoms with Crippen molar-refractivity contribution in [3.05, 3.63) is 30.6 Å². The summed E-state index contributed by atoms with van der Waals surface area (Å²) in [5, 5.41) is 19.1. The fourth-order valence-electron chi connectivity index (χ4n) is 5.60. The van der Waals surface area contributed by atoms with Gasteiger partial charge in [0, 0.05) is 30.4 Å². The first kappa shape index (κ1) is 48.2. The molecule has 1 amide bonds. The third-order valence-corrected chi connectivity index (χ3v) is 8.54. The standard InChI is InChI=1S/C41H61N7O12/c1-2-10-51-12-14-53-16-18-55-20-22-57-24-26-59-28-29-60-27-25-58-23-21-56-19-17-54-15-13-52-11-7-37(50)43-8-3-4-9-48-41-38(40(42)44-32-45-41)39(47-48)36-31-33-30-34(49)5-6-35(33)46-36/h1,5-6,30-32,46,49H,3-4,7-29H2,(H,43,50)(H2,42,44,45). The molecular formula is C41H61N7O12. The molecule has 0 saturated heterocycles. The number of phenolic OH excluding ortho intramolecular Hbond substituents is 1. The number of carbonyl (C=O) groups excluding carboxylic acids is 1. The number of phenols is 1. The van der Waals surface area contributed by atoms with E-state index in [0.29, 0.717) is 168 Å². The van der Waals surface area contributed by atoms with Crippen molar-refractivity contribution >= 4 is 33.7 Å². The zero-order valence-electron chi connectivity index (χ0n) is 34.4. The van der Waals surface area contributed by atoms with E-state index < -0.39 is 0 Å². The largest absolute Gasteiger partial charge is 0.508 e. The second kappa shape index (κ2) is 30.5. The number of nitrogens with one attached hydrogen (secondary N) is 2. The van der Waals surface area contributed by atoms with Crippen LogP contribution in [0.25, 0.3) is 33.3 Å². The van der Waals surface area contributed by atoms with Crippen molar-refractivity contribution in [2.75, 3.05) is 144 Å². The van der Waals surface area contributed by atoms with Crippen LogP contribution in [0.2, 0.25) is 0 Å². The summed E-state index contributed by atoms with van der Waals surface area (Å²) in [5.74, 6) is 2.85. The van der Waals surface area contributed by atoms with Crippen LogP contribution in [0.1, 0.15) is 19.3 Å². The SMILES string of the molecule is C#CCOCCOCCOCCOCCOCCOCCOCCOCCOCCOCCC(=O)NCCCCn1nc(-c2cc3cc(O)ccc3[nH]2)c2c(N)ncnc21. The topological polar surface area (TPSA) is 227 Å². The van der Waals surface area contributed by atoms with Gasteiger partial charge in [0.05, 0.1) is 137 Å². The number of nitrogens with zero attached hydrogens (tertiary/aromatic N) is 4. The number of anilines is 1. The molecule has 3 aromatic heterocycles. The number of hydrogen-bond donors (Lipinski definition) is 4. The fourth-order valence-corrected chi connectivity index (χ4v) is 5.60. The van der Waals surface area contributed by atoms with Crippen LogP contribution >= 0.6 is 0 Å². The molecule has 0 spiro atoms. The highest BCUT2D eigenvalue weighted by atomic mass is 16.6. The number of hydrogen-bond acceptors (Lipinski definition) is 16. The van der Waals surface area contributed by atoms with Gasteiger partial charge in [-0.25, -0.2) is 14.6 Å². The Balaban J connectivity index is 0.862. The van der Waals surface area contributed by atoms with Crippen molar-refractivity contribution in [1.82, 2.24) is 30.0 Å². The van der Waals surface area contributed by atoms with Gasteiger partial charge in [-0.05, 0) is 37.1 Å². The van der Waals surface area contributed by atoms with Crippen molar-refractivity contribution in [2.45, 2.75) is 25.8 Å². The van der Waals surface area contributed by atoms with Gasteiger partial charge in [-0.15, -0.1) is 6.42 Å². The highest BCUT2D eigenvalue weighted by Gasteiger charge is 2.18. The molecule has 1 aromatic carbocycles. The van der Waals surface area contributed by atoms with Gasteiger partial charge in [-0.3, -0.25) is 4.79 Å². The van der Waals surface area contributed by atoms with Crippen LogP contribution in [-0.2, 0) is 58.7 Å². The van der Waals surface area contributed by atoms with Gasteiger partial charge < -0.3 is 68.5 Å². The number of carbonyl (C=O) groups is 1. The molecule has 19 heteroatoms. The van der Waals surface area contributed by atoms with E-state index >= 15 is 0 Å². The zero-order valence-corrected chi connectivity index (χ0v) is 34.4. The van der Waals surface area contributed by atoms with E-state index in [1.165, 1.54) is 6.33 Å². The maximum absolute atomic E-state index is 12.3. The quantitative estimate of drug-likeness (QED) is 0.0378. The molecule has 3 heterocycles. The molecule has 4 rings (SSSR count). The normalized spacial score (nSPS) is 11.5. The molecule has 0 fully saturated rings. The van der Waals surface area contributed by atoms with Crippen LogP contribution in [-0.4, -0.2) is 174 Å². The summed E-state index contributed by atoms with van der Waals surface area (Å²) in [6, 6.07) is 7.03. The minimum absolute atomic E-state index is 0.0704. The molecule has 0 radical (unpaired) electrons. The first-order chi connectivity index (χ1) is 29.6. The summed E-state index contributed by atoms with van der Waals surface area (Å²) in [5.41, 5.74) is 9.13. The van der Waals surface area contributed by atoms with Crippen molar-refractivity contribution in [3.63, 3.8) is 0 Å².